The van der Waals surface area contributed by atoms with Gasteiger partial charge in [0.05, 0.1) is 0 Å². The van der Waals surface area contributed by atoms with Gasteiger partial charge < -0.3 is 10.2 Å². The third-order valence-corrected chi connectivity index (χ3v) is 9.98. The van der Waals surface area contributed by atoms with Gasteiger partial charge in [0, 0.05) is 12.1 Å². The Morgan fingerprint density at radius 3 is 1.65 bits per heavy atom. The van der Waals surface area contributed by atoms with Crippen LogP contribution in [0.25, 0.3) is 0 Å². The van der Waals surface area contributed by atoms with Gasteiger partial charge in [0.1, 0.15) is 0 Å². The summed E-state index contributed by atoms with van der Waals surface area (Å²) in [5, 5.41) is 2.74. The van der Waals surface area contributed by atoms with Crippen LogP contribution in [0.3, 0.4) is 0 Å². The molecule has 3 rings (SSSR count). The Kier molecular flexibility index (Phi) is 4.45. The molecule has 0 saturated heterocycles. The zero-order chi connectivity index (χ0) is 16.5. The van der Waals surface area contributed by atoms with Gasteiger partial charge in [0.2, 0.25) is 0 Å². The molecule has 2 aromatic carbocycles. The van der Waals surface area contributed by atoms with Gasteiger partial charge in [-0.1, -0.05) is 81.4 Å². The molecule has 0 aromatic heterocycles. The molecule has 0 spiro atoms. The van der Waals surface area contributed by atoms with Crippen molar-refractivity contribution in [2.75, 3.05) is 0 Å². The highest BCUT2D eigenvalue weighted by Gasteiger charge is 2.52. The molecule has 1 aliphatic carbocycles. The zero-order valence-corrected chi connectivity index (χ0v) is 15.3. The highest BCUT2D eigenvalue weighted by Crippen LogP contribution is 2.39. The van der Waals surface area contributed by atoms with Gasteiger partial charge in [0.25, 0.3) is 8.32 Å². The van der Waals surface area contributed by atoms with Gasteiger partial charge in [-0.25, -0.2) is 0 Å². The second-order valence-corrected chi connectivity index (χ2v) is 11.9. The van der Waals surface area contributed by atoms with Crippen molar-refractivity contribution in [2.24, 2.45) is 5.73 Å². The Hall–Kier alpha value is -1.42. The lowest BCUT2D eigenvalue weighted by molar-refractivity contribution is 0.0907. The maximum absolute atomic E-state index is 6.94. The summed E-state index contributed by atoms with van der Waals surface area (Å²) in [6.07, 6.45) is 2.24. The number of rotatable bonds is 4. The first-order chi connectivity index (χ1) is 10.9. The first-order valence-electron chi connectivity index (χ1n) is 8.48. The van der Waals surface area contributed by atoms with Crippen LogP contribution in [0.5, 0.6) is 0 Å². The van der Waals surface area contributed by atoms with Crippen LogP contribution in [0.2, 0.25) is 5.04 Å². The van der Waals surface area contributed by atoms with E-state index in [-0.39, 0.29) is 11.1 Å². The van der Waals surface area contributed by atoms with Crippen molar-refractivity contribution in [1.82, 2.24) is 0 Å². The molecule has 3 heteroatoms. The minimum Gasteiger partial charge on any atom is -0.404 e. The van der Waals surface area contributed by atoms with Crippen LogP contribution in [0.1, 0.15) is 33.6 Å². The van der Waals surface area contributed by atoms with E-state index in [9.17, 15) is 0 Å². The largest absolute Gasteiger partial charge is 0.404 e. The molecule has 1 aliphatic rings. The second-order valence-electron chi connectivity index (χ2n) is 7.63. The van der Waals surface area contributed by atoms with Gasteiger partial charge in [-0.3, -0.25) is 0 Å². The Morgan fingerprint density at radius 1 is 0.870 bits per heavy atom. The maximum Gasteiger partial charge on any atom is 0.261 e. The molecular weight excluding hydrogens is 298 g/mol. The van der Waals surface area contributed by atoms with Crippen LogP contribution in [-0.2, 0) is 4.43 Å². The third-order valence-electron chi connectivity index (χ3n) is 4.89. The standard InChI is InChI=1S/C20H27NOSi/c1-20(2,3)23(18-10-6-4-7-11-18,19-12-8-5-9-13-19)22-17-14-16(21)15-17/h4-13,16-17H,14-15,21H2,1-3H3. The molecule has 23 heavy (non-hydrogen) atoms. The van der Waals surface area contributed by atoms with Crippen LogP contribution < -0.4 is 16.1 Å². The summed E-state index contributed by atoms with van der Waals surface area (Å²) in [6, 6.07) is 21.9. The zero-order valence-electron chi connectivity index (χ0n) is 14.3. The quantitative estimate of drug-likeness (QED) is 0.877. The van der Waals surface area contributed by atoms with Gasteiger partial charge in [-0.15, -0.1) is 0 Å². The highest BCUT2D eigenvalue weighted by molar-refractivity contribution is 6.99. The van der Waals surface area contributed by atoms with Gasteiger partial charge in [-0.2, -0.15) is 0 Å². The first kappa shape index (κ1) is 16.4. The van der Waals surface area contributed by atoms with E-state index >= 15 is 0 Å². The van der Waals surface area contributed by atoms with Gasteiger partial charge >= 0.3 is 0 Å². The summed E-state index contributed by atoms with van der Waals surface area (Å²) in [4.78, 5) is 0. The summed E-state index contributed by atoms with van der Waals surface area (Å²) in [5.74, 6) is 0. The van der Waals surface area contributed by atoms with E-state index in [0.717, 1.165) is 12.8 Å². The SMILES string of the molecule is CC(C)(C)[Si](OC1CC(N)C1)(c1ccccc1)c1ccccc1. The number of nitrogens with two attached hydrogens (primary N) is 1. The molecule has 0 bridgehead atoms. The van der Waals surface area contributed by atoms with Crippen molar-refractivity contribution in [1.29, 1.82) is 0 Å². The molecule has 0 unspecified atom stereocenters. The Labute approximate surface area is 140 Å². The van der Waals surface area contributed by atoms with Crippen molar-refractivity contribution in [3.05, 3.63) is 60.7 Å². The van der Waals surface area contributed by atoms with Gasteiger partial charge in [0.15, 0.2) is 0 Å². The van der Waals surface area contributed by atoms with E-state index < -0.39 is 8.32 Å². The van der Waals surface area contributed by atoms with Crippen LogP contribution >= 0.6 is 0 Å². The minimum absolute atomic E-state index is 0.0510. The fourth-order valence-corrected chi connectivity index (χ4v) is 8.35. The van der Waals surface area contributed by atoms with Crippen molar-refractivity contribution in [3.8, 4) is 0 Å². The molecule has 0 aliphatic heterocycles. The lowest BCUT2D eigenvalue weighted by atomic mass is 9.91. The Balaban J connectivity index is 2.13. The van der Waals surface area contributed by atoms with E-state index in [1.54, 1.807) is 0 Å². The molecule has 0 atom stereocenters. The third kappa shape index (κ3) is 3.01. The summed E-state index contributed by atoms with van der Waals surface area (Å²) < 4.78 is 6.94. The molecule has 2 N–H and O–H groups in total. The maximum atomic E-state index is 6.94. The molecule has 122 valence electrons. The summed E-state index contributed by atoms with van der Waals surface area (Å²) in [5.41, 5.74) is 6.01. The minimum atomic E-state index is -2.37. The Bertz CT molecular complexity index is 590. The van der Waals surface area contributed by atoms with Crippen molar-refractivity contribution in [2.45, 2.75) is 50.8 Å². The monoisotopic (exact) mass is 325 g/mol. The Morgan fingerprint density at radius 2 is 1.30 bits per heavy atom. The topological polar surface area (TPSA) is 35.2 Å². The summed E-state index contributed by atoms with van der Waals surface area (Å²) in [6.45, 7) is 6.95. The normalized spacial score (nSPS) is 21.7. The van der Waals surface area contributed by atoms with Crippen molar-refractivity contribution < 1.29 is 4.43 Å². The van der Waals surface area contributed by atoms with E-state index in [0.29, 0.717) is 6.04 Å². The van der Waals surface area contributed by atoms with Crippen LogP contribution in [-0.4, -0.2) is 20.5 Å². The van der Waals surface area contributed by atoms with E-state index in [4.69, 9.17) is 10.2 Å². The molecule has 2 aromatic rings. The predicted molar refractivity (Wildman–Crippen MR) is 99.7 cm³/mol. The van der Waals surface area contributed by atoms with Crippen LogP contribution in [0.15, 0.2) is 60.7 Å². The van der Waals surface area contributed by atoms with E-state index in [1.807, 2.05) is 0 Å². The molecule has 0 radical (unpaired) electrons. The van der Waals surface area contributed by atoms with Gasteiger partial charge in [-0.05, 0) is 28.3 Å². The number of benzene rings is 2. The average molecular weight is 326 g/mol. The predicted octanol–water partition coefficient (Wildman–Crippen LogP) is 3.05. The van der Waals surface area contributed by atoms with Crippen molar-refractivity contribution >= 4 is 18.7 Å². The van der Waals surface area contributed by atoms with E-state index in [1.165, 1.54) is 10.4 Å². The molecule has 0 amide bonds. The lowest BCUT2D eigenvalue weighted by Crippen LogP contribution is -2.69. The molecular formula is C20H27NOSi. The highest BCUT2D eigenvalue weighted by atomic mass is 28.4. The fourth-order valence-electron chi connectivity index (χ4n) is 3.64. The van der Waals surface area contributed by atoms with Crippen LogP contribution in [0, 0.1) is 0 Å². The average Bonchev–Trinajstić information content (AvgIpc) is 2.51. The molecule has 2 nitrogen and oxygen atoms in total. The number of hydrogen-bond acceptors (Lipinski definition) is 2. The fraction of sp³-hybridized carbons (Fsp3) is 0.400. The summed E-state index contributed by atoms with van der Waals surface area (Å²) >= 11 is 0. The molecule has 1 saturated carbocycles. The second kappa shape index (κ2) is 6.23. The number of hydrogen-bond donors (Lipinski definition) is 1. The van der Waals surface area contributed by atoms with Crippen LogP contribution in [0.4, 0.5) is 0 Å². The smallest absolute Gasteiger partial charge is 0.261 e. The first-order valence-corrected chi connectivity index (χ1v) is 10.4. The van der Waals surface area contributed by atoms with E-state index in [2.05, 4.69) is 81.4 Å². The van der Waals surface area contributed by atoms with Crippen molar-refractivity contribution in [3.63, 3.8) is 0 Å². The molecule has 1 fully saturated rings. The lowest BCUT2D eigenvalue weighted by Gasteiger charge is -2.48. The molecule has 0 heterocycles. The summed E-state index contributed by atoms with van der Waals surface area (Å²) in [7, 11) is -2.37.